The predicted molar refractivity (Wildman–Crippen MR) is 84.9 cm³/mol. The van der Waals surface area contributed by atoms with Gasteiger partial charge in [0.1, 0.15) is 5.82 Å². The lowest BCUT2D eigenvalue weighted by molar-refractivity contribution is 0.250. The van der Waals surface area contributed by atoms with Crippen LogP contribution in [0.15, 0.2) is 22.7 Å². The third-order valence-corrected chi connectivity index (χ3v) is 5.76. The van der Waals surface area contributed by atoms with E-state index in [0.29, 0.717) is 17.6 Å². The molecule has 1 aliphatic rings. The van der Waals surface area contributed by atoms with Gasteiger partial charge >= 0.3 is 10.2 Å². The van der Waals surface area contributed by atoms with Crippen LogP contribution in [0.3, 0.4) is 0 Å². The van der Waals surface area contributed by atoms with Crippen molar-refractivity contribution >= 4 is 31.8 Å². The first kappa shape index (κ1) is 16.7. The number of hydrogen-bond acceptors (Lipinski definition) is 3. The quantitative estimate of drug-likeness (QED) is 0.824. The molecule has 0 amide bonds. The van der Waals surface area contributed by atoms with Crippen molar-refractivity contribution in [1.82, 2.24) is 9.62 Å². The number of likely N-dealkylation sites (N-methyl/N-ethyl adjacent to an activating group) is 1. The lowest BCUT2D eigenvalue weighted by atomic mass is 10.1. The fraction of sp³-hybridized carbons (Fsp3) is 0.538. The molecule has 1 heterocycles. The Morgan fingerprint density at radius 3 is 2.90 bits per heavy atom. The largest absolute Gasteiger partial charge is 0.318 e. The third kappa shape index (κ3) is 4.15. The molecule has 8 heteroatoms. The third-order valence-electron chi connectivity index (χ3n) is 3.49. The first-order chi connectivity index (χ1) is 9.94. The summed E-state index contributed by atoms with van der Waals surface area (Å²) in [7, 11) is -1.90. The zero-order valence-corrected chi connectivity index (χ0v) is 14.2. The van der Waals surface area contributed by atoms with Gasteiger partial charge in [0.2, 0.25) is 0 Å². The summed E-state index contributed by atoms with van der Waals surface area (Å²) in [6, 6.07) is 3.84. The van der Waals surface area contributed by atoms with Gasteiger partial charge in [0, 0.05) is 23.6 Å². The van der Waals surface area contributed by atoms with E-state index >= 15 is 0 Å². The van der Waals surface area contributed by atoms with Crippen molar-refractivity contribution in [3.8, 4) is 0 Å². The number of hydrogen-bond donors (Lipinski definition) is 2. The molecule has 5 nitrogen and oxygen atoms in total. The molecule has 0 bridgehead atoms. The number of rotatable bonds is 5. The first-order valence-electron chi connectivity index (χ1n) is 6.83. The summed E-state index contributed by atoms with van der Waals surface area (Å²) < 4.78 is 42.8. The van der Waals surface area contributed by atoms with Crippen molar-refractivity contribution in [2.24, 2.45) is 0 Å². The molecule has 0 aliphatic carbocycles. The molecule has 118 valence electrons. The van der Waals surface area contributed by atoms with Gasteiger partial charge in [-0.25, -0.2) is 4.39 Å². The van der Waals surface area contributed by atoms with Gasteiger partial charge in [0.15, 0.2) is 0 Å². The second kappa shape index (κ2) is 7.04. The van der Waals surface area contributed by atoms with Gasteiger partial charge in [-0.1, -0.05) is 6.42 Å². The number of piperidine rings is 1. The van der Waals surface area contributed by atoms with Gasteiger partial charge in [-0.3, -0.25) is 4.72 Å². The first-order valence-corrected chi connectivity index (χ1v) is 9.06. The summed E-state index contributed by atoms with van der Waals surface area (Å²) in [6.45, 7) is 1.08. The highest BCUT2D eigenvalue weighted by molar-refractivity contribution is 9.10. The van der Waals surface area contributed by atoms with E-state index in [-0.39, 0.29) is 11.7 Å². The number of benzene rings is 1. The van der Waals surface area contributed by atoms with Crippen molar-refractivity contribution in [3.05, 3.63) is 28.5 Å². The standard InChI is InChI=1S/C13H19BrFN3O2S/c1-16-9-11-4-2-3-7-18(11)21(19,20)17-13-8-10(15)5-6-12(13)14/h5-6,8,11,16-17H,2-4,7,9H2,1H3. The van der Waals surface area contributed by atoms with E-state index in [9.17, 15) is 12.8 Å². The maximum atomic E-state index is 13.3. The molecule has 1 aliphatic heterocycles. The van der Waals surface area contributed by atoms with E-state index in [1.54, 1.807) is 7.05 Å². The lowest BCUT2D eigenvalue weighted by Gasteiger charge is -2.34. The summed E-state index contributed by atoms with van der Waals surface area (Å²) in [4.78, 5) is 0. The zero-order valence-electron chi connectivity index (χ0n) is 11.8. The second-order valence-electron chi connectivity index (χ2n) is 5.05. The molecule has 2 rings (SSSR count). The van der Waals surface area contributed by atoms with Crippen molar-refractivity contribution in [2.45, 2.75) is 25.3 Å². The van der Waals surface area contributed by atoms with Crippen molar-refractivity contribution < 1.29 is 12.8 Å². The summed E-state index contributed by atoms with van der Waals surface area (Å²) in [5.41, 5.74) is 0.212. The molecule has 1 atom stereocenters. The number of nitrogens with one attached hydrogen (secondary N) is 2. The number of nitrogens with zero attached hydrogens (tertiary/aromatic N) is 1. The fourth-order valence-corrected chi connectivity index (χ4v) is 4.49. The van der Waals surface area contributed by atoms with Crippen molar-refractivity contribution in [2.75, 3.05) is 24.9 Å². The van der Waals surface area contributed by atoms with Crippen LogP contribution in [0.1, 0.15) is 19.3 Å². The second-order valence-corrected chi connectivity index (χ2v) is 7.53. The molecular formula is C13H19BrFN3O2S. The van der Waals surface area contributed by atoms with Gasteiger partial charge in [0.25, 0.3) is 0 Å². The van der Waals surface area contributed by atoms with Gasteiger partial charge < -0.3 is 5.32 Å². The van der Waals surface area contributed by atoms with E-state index in [4.69, 9.17) is 0 Å². The molecule has 0 radical (unpaired) electrons. The molecular weight excluding hydrogens is 361 g/mol. The Bertz CT molecular complexity index is 595. The Morgan fingerprint density at radius 2 is 2.19 bits per heavy atom. The average Bonchev–Trinajstić information content (AvgIpc) is 2.43. The normalized spacial score (nSPS) is 20.4. The van der Waals surface area contributed by atoms with Crippen LogP contribution in [0.25, 0.3) is 0 Å². The van der Waals surface area contributed by atoms with Crippen LogP contribution >= 0.6 is 15.9 Å². The minimum absolute atomic E-state index is 0.0754. The Kier molecular flexibility index (Phi) is 5.59. The maximum Gasteiger partial charge on any atom is 0.301 e. The Morgan fingerprint density at radius 1 is 1.43 bits per heavy atom. The van der Waals surface area contributed by atoms with Crippen LogP contribution in [0.4, 0.5) is 10.1 Å². The van der Waals surface area contributed by atoms with Crippen LogP contribution in [0, 0.1) is 5.82 Å². The summed E-state index contributed by atoms with van der Waals surface area (Å²) in [5.74, 6) is -0.485. The Hall–Kier alpha value is -0.700. The molecule has 1 fully saturated rings. The van der Waals surface area contributed by atoms with Gasteiger partial charge in [0.05, 0.1) is 5.69 Å². The van der Waals surface area contributed by atoms with Crippen LogP contribution in [0.5, 0.6) is 0 Å². The number of anilines is 1. The molecule has 1 saturated heterocycles. The molecule has 1 aromatic rings. The monoisotopic (exact) mass is 379 g/mol. The smallest absolute Gasteiger partial charge is 0.301 e. The predicted octanol–water partition coefficient (Wildman–Crippen LogP) is 2.32. The summed E-state index contributed by atoms with van der Waals surface area (Å²) in [6.07, 6.45) is 2.68. The average molecular weight is 380 g/mol. The molecule has 0 spiro atoms. The summed E-state index contributed by atoms with van der Waals surface area (Å²) >= 11 is 3.23. The number of halogens is 2. The Labute approximate surface area is 133 Å². The molecule has 0 aromatic heterocycles. The highest BCUT2D eigenvalue weighted by Gasteiger charge is 2.32. The van der Waals surface area contributed by atoms with Crippen LogP contribution < -0.4 is 10.0 Å². The SMILES string of the molecule is CNCC1CCCCN1S(=O)(=O)Nc1cc(F)ccc1Br. The molecule has 1 unspecified atom stereocenters. The maximum absolute atomic E-state index is 13.3. The van der Waals surface area contributed by atoms with Gasteiger partial charge in [-0.05, 0) is 54.0 Å². The molecule has 0 saturated carbocycles. The van der Waals surface area contributed by atoms with Gasteiger partial charge in [-0.15, -0.1) is 0 Å². The minimum Gasteiger partial charge on any atom is -0.318 e. The highest BCUT2D eigenvalue weighted by atomic mass is 79.9. The van der Waals surface area contributed by atoms with Crippen molar-refractivity contribution in [3.63, 3.8) is 0 Å². The molecule has 2 N–H and O–H groups in total. The zero-order chi connectivity index (χ0) is 15.5. The highest BCUT2D eigenvalue weighted by Crippen LogP contribution is 2.27. The van der Waals surface area contributed by atoms with E-state index < -0.39 is 16.0 Å². The Balaban J connectivity index is 2.22. The fourth-order valence-electron chi connectivity index (χ4n) is 2.50. The van der Waals surface area contributed by atoms with Crippen LogP contribution in [-0.4, -0.2) is 38.9 Å². The topological polar surface area (TPSA) is 61.4 Å². The van der Waals surface area contributed by atoms with E-state index in [2.05, 4.69) is 26.0 Å². The minimum atomic E-state index is -3.70. The molecule has 1 aromatic carbocycles. The van der Waals surface area contributed by atoms with Crippen molar-refractivity contribution in [1.29, 1.82) is 0 Å². The molecule has 21 heavy (non-hydrogen) atoms. The van der Waals surface area contributed by atoms with E-state index in [1.807, 2.05) is 0 Å². The van der Waals surface area contributed by atoms with E-state index in [0.717, 1.165) is 19.3 Å². The van der Waals surface area contributed by atoms with Crippen LogP contribution in [0.2, 0.25) is 0 Å². The van der Waals surface area contributed by atoms with Crippen LogP contribution in [-0.2, 0) is 10.2 Å². The van der Waals surface area contributed by atoms with E-state index in [1.165, 1.54) is 22.5 Å². The summed E-state index contributed by atoms with van der Waals surface area (Å²) in [5, 5.41) is 3.02. The lowest BCUT2D eigenvalue weighted by Crippen LogP contribution is -2.49. The van der Waals surface area contributed by atoms with Gasteiger partial charge in [-0.2, -0.15) is 12.7 Å².